The largest absolute Gasteiger partial charge is 0.465 e. The molecule has 0 spiro atoms. The van der Waals surface area contributed by atoms with Gasteiger partial charge in [0.25, 0.3) is 10.0 Å². The summed E-state index contributed by atoms with van der Waals surface area (Å²) in [7, 11) is -2.43. The summed E-state index contributed by atoms with van der Waals surface area (Å²) in [4.78, 5) is 11.7. The lowest BCUT2D eigenvalue weighted by Gasteiger charge is -2.05. The highest BCUT2D eigenvalue weighted by Gasteiger charge is 2.20. The van der Waals surface area contributed by atoms with Crippen molar-refractivity contribution in [2.24, 2.45) is 0 Å². The molecule has 0 saturated heterocycles. The molecule has 0 unspecified atom stereocenters. The van der Waals surface area contributed by atoms with Gasteiger partial charge < -0.3 is 4.74 Å². The minimum absolute atomic E-state index is 0.175. The highest BCUT2D eigenvalue weighted by Crippen LogP contribution is 2.19. The van der Waals surface area contributed by atoms with Gasteiger partial charge in [-0.25, -0.2) is 17.2 Å². The average molecular weight is 293 g/mol. The van der Waals surface area contributed by atoms with Gasteiger partial charge >= 0.3 is 5.97 Å². The van der Waals surface area contributed by atoms with Gasteiger partial charge in [0, 0.05) is 12.4 Å². The quantitative estimate of drug-likeness (QED) is 0.813. The van der Waals surface area contributed by atoms with E-state index in [1.165, 1.54) is 31.6 Å². The van der Waals surface area contributed by atoms with E-state index in [0.29, 0.717) is 5.56 Å². The maximum absolute atomic E-state index is 12.4. The van der Waals surface area contributed by atoms with Crippen LogP contribution in [0.2, 0.25) is 0 Å². The van der Waals surface area contributed by atoms with Gasteiger partial charge in [0.2, 0.25) is 0 Å². The lowest BCUT2D eigenvalue weighted by Crippen LogP contribution is -2.11. The molecular weight excluding hydrogens is 278 g/mol. The lowest BCUT2D eigenvalue weighted by molar-refractivity contribution is 0.0600. The summed E-state index contributed by atoms with van der Waals surface area (Å²) < 4.78 is 30.5. The van der Waals surface area contributed by atoms with Crippen LogP contribution in [-0.4, -0.2) is 25.5 Å². The fraction of sp³-hybridized carbons (Fsp3) is 0.214. The molecule has 0 aliphatic carbocycles. The first-order valence-electron chi connectivity index (χ1n) is 5.95. The second kappa shape index (κ2) is 5.13. The van der Waals surface area contributed by atoms with Crippen molar-refractivity contribution in [3.63, 3.8) is 0 Å². The molecule has 1 aromatic carbocycles. The Morgan fingerprint density at radius 3 is 2.25 bits per heavy atom. The SMILES string of the molecule is COC(=O)c1cn(S(=O)(=O)c2ccc(C)cc2)cc1C. The van der Waals surface area contributed by atoms with Gasteiger partial charge in [0.1, 0.15) is 0 Å². The van der Waals surface area contributed by atoms with Gasteiger partial charge in [-0.15, -0.1) is 0 Å². The number of aromatic nitrogens is 1. The number of nitrogens with zero attached hydrogens (tertiary/aromatic N) is 1. The normalized spacial score (nSPS) is 11.3. The number of carbonyl (C=O) groups is 1. The van der Waals surface area contributed by atoms with E-state index in [9.17, 15) is 13.2 Å². The van der Waals surface area contributed by atoms with Gasteiger partial charge in [-0.1, -0.05) is 17.7 Å². The number of benzene rings is 1. The summed E-state index contributed by atoms with van der Waals surface area (Å²) in [5, 5.41) is 0. The molecular formula is C14H15NO4S. The van der Waals surface area contributed by atoms with Crippen LogP contribution < -0.4 is 0 Å². The van der Waals surface area contributed by atoms with Crippen LogP contribution >= 0.6 is 0 Å². The van der Waals surface area contributed by atoms with Crippen molar-refractivity contribution in [2.45, 2.75) is 18.7 Å². The summed E-state index contributed by atoms with van der Waals surface area (Å²) in [6.07, 6.45) is 2.68. The molecule has 0 saturated carbocycles. The maximum Gasteiger partial charge on any atom is 0.339 e. The topological polar surface area (TPSA) is 65.4 Å². The summed E-state index contributed by atoms with van der Waals surface area (Å²) in [5.41, 5.74) is 1.76. The molecule has 0 fully saturated rings. The molecule has 0 radical (unpaired) electrons. The molecule has 6 heteroatoms. The van der Waals surface area contributed by atoms with Crippen molar-refractivity contribution < 1.29 is 17.9 Å². The number of carbonyl (C=O) groups excluding carboxylic acids is 1. The maximum atomic E-state index is 12.4. The van der Waals surface area contributed by atoms with Crippen molar-refractivity contribution in [2.75, 3.05) is 7.11 Å². The standard InChI is InChI=1S/C14H15NO4S/c1-10-4-6-12(7-5-10)20(17,18)15-8-11(2)13(9-15)14(16)19-3/h4-9H,1-3H3. The third kappa shape index (κ3) is 2.46. The van der Waals surface area contributed by atoms with Crippen molar-refractivity contribution in [3.8, 4) is 0 Å². The van der Waals surface area contributed by atoms with E-state index in [1.807, 2.05) is 6.92 Å². The van der Waals surface area contributed by atoms with Crippen LogP contribution in [0.3, 0.4) is 0 Å². The first-order chi connectivity index (χ1) is 9.36. The Balaban J connectivity index is 2.50. The second-order valence-corrected chi connectivity index (χ2v) is 6.34. The van der Waals surface area contributed by atoms with Crippen LogP contribution in [-0.2, 0) is 14.8 Å². The third-order valence-corrected chi connectivity index (χ3v) is 4.64. The Hall–Kier alpha value is -2.08. The number of hydrogen-bond acceptors (Lipinski definition) is 4. The Labute approximate surface area is 117 Å². The van der Waals surface area contributed by atoms with E-state index in [-0.39, 0.29) is 10.5 Å². The van der Waals surface area contributed by atoms with Crippen LogP contribution in [0.15, 0.2) is 41.6 Å². The third-order valence-electron chi connectivity index (χ3n) is 3.00. The summed E-state index contributed by atoms with van der Waals surface area (Å²) in [6, 6.07) is 6.53. The highest BCUT2D eigenvalue weighted by atomic mass is 32.2. The molecule has 0 atom stereocenters. The molecule has 106 valence electrons. The Bertz CT molecular complexity index is 742. The number of methoxy groups -OCH3 is 1. The van der Waals surface area contributed by atoms with Crippen LogP contribution in [0.4, 0.5) is 0 Å². The Morgan fingerprint density at radius 1 is 1.10 bits per heavy atom. The van der Waals surface area contributed by atoms with Gasteiger partial charge in [0.05, 0.1) is 17.6 Å². The molecule has 1 heterocycles. The molecule has 2 aromatic rings. The van der Waals surface area contributed by atoms with E-state index in [4.69, 9.17) is 0 Å². The number of aryl methyl sites for hydroxylation is 2. The zero-order valence-electron chi connectivity index (χ0n) is 11.5. The van der Waals surface area contributed by atoms with Crippen LogP contribution in [0.1, 0.15) is 21.5 Å². The van der Waals surface area contributed by atoms with Crippen LogP contribution in [0.5, 0.6) is 0 Å². The van der Waals surface area contributed by atoms with Gasteiger partial charge in [-0.2, -0.15) is 0 Å². The molecule has 2 rings (SSSR count). The summed E-state index contributed by atoms with van der Waals surface area (Å²) in [6.45, 7) is 3.54. The minimum atomic E-state index is -3.69. The molecule has 0 aliphatic heterocycles. The van der Waals surface area contributed by atoms with Crippen molar-refractivity contribution in [1.82, 2.24) is 3.97 Å². The van der Waals surface area contributed by atoms with E-state index in [0.717, 1.165) is 9.54 Å². The fourth-order valence-electron chi connectivity index (χ4n) is 1.82. The Morgan fingerprint density at radius 2 is 1.70 bits per heavy atom. The van der Waals surface area contributed by atoms with Crippen molar-refractivity contribution >= 4 is 16.0 Å². The van der Waals surface area contributed by atoms with E-state index >= 15 is 0 Å². The molecule has 20 heavy (non-hydrogen) atoms. The highest BCUT2D eigenvalue weighted by molar-refractivity contribution is 7.90. The second-order valence-electron chi connectivity index (χ2n) is 4.49. The first kappa shape index (κ1) is 14.3. The average Bonchev–Trinajstić information content (AvgIpc) is 2.81. The molecule has 0 amide bonds. The monoisotopic (exact) mass is 293 g/mol. The molecule has 1 aromatic heterocycles. The van der Waals surface area contributed by atoms with Crippen LogP contribution in [0, 0.1) is 13.8 Å². The van der Waals surface area contributed by atoms with Gasteiger partial charge in [-0.3, -0.25) is 0 Å². The predicted molar refractivity (Wildman–Crippen MR) is 74.3 cm³/mol. The summed E-state index contributed by atoms with van der Waals surface area (Å²) >= 11 is 0. The van der Waals surface area contributed by atoms with Crippen molar-refractivity contribution in [1.29, 1.82) is 0 Å². The van der Waals surface area contributed by atoms with E-state index in [1.54, 1.807) is 19.1 Å². The van der Waals surface area contributed by atoms with Crippen LogP contribution in [0.25, 0.3) is 0 Å². The number of rotatable bonds is 3. The van der Waals surface area contributed by atoms with E-state index in [2.05, 4.69) is 4.74 Å². The fourth-order valence-corrected chi connectivity index (χ4v) is 3.09. The first-order valence-corrected chi connectivity index (χ1v) is 7.39. The van der Waals surface area contributed by atoms with E-state index < -0.39 is 16.0 Å². The zero-order valence-corrected chi connectivity index (χ0v) is 12.3. The van der Waals surface area contributed by atoms with Crippen molar-refractivity contribution in [3.05, 3.63) is 53.3 Å². The number of ether oxygens (including phenoxy) is 1. The smallest absolute Gasteiger partial charge is 0.339 e. The van der Waals surface area contributed by atoms with Gasteiger partial charge in [-0.05, 0) is 31.5 Å². The molecule has 5 nitrogen and oxygen atoms in total. The summed E-state index contributed by atoms with van der Waals surface area (Å²) in [5.74, 6) is -0.555. The van der Waals surface area contributed by atoms with Gasteiger partial charge in [0.15, 0.2) is 0 Å². The molecule has 0 bridgehead atoms. The molecule has 0 N–H and O–H groups in total. The molecule has 0 aliphatic rings. The Kier molecular flexibility index (Phi) is 3.67. The predicted octanol–water partition coefficient (Wildman–Crippen LogP) is 2.13. The number of esters is 1. The zero-order chi connectivity index (χ0) is 14.9. The number of hydrogen-bond donors (Lipinski definition) is 0. The minimum Gasteiger partial charge on any atom is -0.465 e. The lowest BCUT2D eigenvalue weighted by atomic mass is 10.2.